The number of carbonyl (C=O) groups is 4. The minimum atomic E-state index is -0.557. The van der Waals surface area contributed by atoms with E-state index >= 15 is 0 Å². The zero-order valence-electron chi connectivity index (χ0n) is 26.3. The lowest BCUT2D eigenvalue weighted by atomic mass is 10.1. The lowest BCUT2D eigenvalue weighted by molar-refractivity contribution is -0.122. The van der Waals surface area contributed by atoms with Crippen molar-refractivity contribution in [3.63, 3.8) is 0 Å². The summed E-state index contributed by atoms with van der Waals surface area (Å²) >= 11 is 18.6. The average molecular weight is 845 g/mol. The molecule has 0 heterocycles. The summed E-state index contributed by atoms with van der Waals surface area (Å²) in [6.45, 7) is 0. The normalized spacial score (nSPS) is 11.0. The highest BCUT2D eigenvalue weighted by Crippen LogP contribution is 2.25. The minimum Gasteiger partial charge on any atom is -0.422 e. The number of rotatable bonds is 15. The Bertz CT molecular complexity index is 1750. The fourth-order valence-corrected chi connectivity index (χ4v) is 5.31. The molecule has 0 spiro atoms. The third-order valence-corrected chi connectivity index (χ3v) is 8.34. The highest BCUT2D eigenvalue weighted by Gasteiger charge is 2.13. The molecule has 0 radical (unpaired) electrons. The number of benzene rings is 4. The number of hydrogen-bond donors (Lipinski definition) is 2. The van der Waals surface area contributed by atoms with Crippen molar-refractivity contribution in [1.29, 1.82) is 0 Å². The van der Waals surface area contributed by atoms with Crippen molar-refractivity contribution in [3.05, 3.63) is 126 Å². The summed E-state index contributed by atoms with van der Waals surface area (Å²) in [6, 6.07) is 22.8. The van der Waals surface area contributed by atoms with Crippen molar-refractivity contribution in [3.8, 4) is 11.5 Å². The molecule has 0 atom stereocenters. The summed E-state index contributed by atoms with van der Waals surface area (Å²) in [5.41, 5.74) is 6.62. The zero-order valence-corrected chi connectivity index (χ0v) is 31.0. The standard InChI is InChI=1S/C36H30Br2Cl2N4O6/c37-27-11-17-31(49-35(47)23-7-13-29(39)14-8-23)25(19-27)21-41-43-33(45)5-3-1-2-4-6-34(46)44-42-22-26-20-28(38)12-18-32(26)50-36(48)24-9-15-30(40)16-10-24/h7-22H,1-6H2,(H,43,45)(H,44,46)/b41-21+,42-22+. The van der Waals surface area contributed by atoms with Gasteiger partial charge in [-0.2, -0.15) is 10.2 Å². The van der Waals surface area contributed by atoms with Crippen molar-refractivity contribution in [2.45, 2.75) is 38.5 Å². The van der Waals surface area contributed by atoms with E-state index in [0.717, 1.165) is 21.8 Å². The predicted octanol–water partition coefficient (Wildman–Crippen LogP) is 8.90. The molecule has 0 unspecified atom stereocenters. The number of ether oxygens (including phenoxy) is 2. The second-order valence-corrected chi connectivity index (χ2v) is 13.4. The van der Waals surface area contributed by atoms with Gasteiger partial charge in [-0.15, -0.1) is 0 Å². The van der Waals surface area contributed by atoms with Crippen LogP contribution in [-0.2, 0) is 9.59 Å². The maximum absolute atomic E-state index is 12.5. The molecule has 0 saturated heterocycles. The number of nitrogens with one attached hydrogen (secondary N) is 2. The number of hydrazone groups is 2. The summed E-state index contributed by atoms with van der Waals surface area (Å²) < 4.78 is 12.5. The van der Waals surface area contributed by atoms with Crippen molar-refractivity contribution < 1.29 is 28.7 Å². The Morgan fingerprint density at radius 2 is 0.960 bits per heavy atom. The van der Waals surface area contributed by atoms with Crippen LogP contribution in [0.1, 0.15) is 70.4 Å². The fraction of sp³-hybridized carbons (Fsp3) is 0.167. The number of esters is 2. The van der Waals surface area contributed by atoms with Gasteiger partial charge >= 0.3 is 11.9 Å². The van der Waals surface area contributed by atoms with Gasteiger partial charge in [-0.05, 0) is 97.8 Å². The second kappa shape index (κ2) is 19.7. The van der Waals surface area contributed by atoms with Crippen LogP contribution in [0.5, 0.6) is 11.5 Å². The van der Waals surface area contributed by atoms with Gasteiger partial charge in [0.2, 0.25) is 11.8 Å². The summed E-state index contributed by atoms with van der Waals surface area (Å²) in [4.78, 5) is 49.7. The van der Waals surface area contributed by atoms with E-state index in [9.17, 15) is 19.2 Å². The molecule has 50 heavy (non-hydrogen) atoms. The molecule has 4 rings (SSSR count). The maximum Gasteiger partial charge on any atom is 0.343 e. The highest BCUT2D eigenvalue weighted by molar-refractivity contribution is 9.10. The van der Waals surface area contributed by atoms with Crippen LogP contribution in [0.3, 0.4) is 0 Å². The Labute approximate surface area is 315 Å². The van der Waals surface area contributed by atoms with Gasteiger partial charge in [0.15, 0.2) is 0 Å². The molecule has 2 amide bonds. The lowest BCUT2D eigenvalue weighted by Crippen LogP contribution is -2.17. The van der Waals surface area contributed by atoms with Crippen LogP contribution < -0.4 is 20.3 Å². The third kappa shape index (κ3) is 12.8. The van der Waals surface area contributed by atoms with Gasteiger partial charge in [0.25, 0.3) is 0 Å². The van der Waals surface area contributed by atoms with Crippen LogP contribution in [0.25, 0.3) is 0 Å². The van der Waals surface area contributed by atoms with Crippen LogP contribution in [0.4, 0.5) is 0 Å². The first kappa shape index (κ1) is 38.4. The number of halogens is 4. The average Bonchev–Trinajstić information content (AvgIpc) is 3.09. The first-order valence-electron chi connectivity index (χ1n) is 15.3. The fourth-order valence-electron chi connectivity index (χ4n) is 4.30. The number of nitrogens with zero attached hydrogens (tertiary/aromatic N) is 2. The molecule has 0 fully saturated rings. The predicted molar refractivity (Wildman–Crippen MR) is 200 cm³/mol. The summed E-state index contributed by atoms with van der Waals surface area (Å²) in [5.74, 6) is -1.11. The van der Waals surface area contributed by atoms with Crippen molar-refractivity contribution in [1.82, 2.24) is 10.9 Å². The molecule has 14 heteroatoms. The van der Waals surface area contributed by atoms with E-state index < -0.39 is 11.9 Å². The molecular weight excluding hydrogens is 815 g/mol. The molecule has 0 bridgehead atoms. The third-order valence-electron chi connectivity index (χ3n) is 6.85. The van der Waals surface area contributed by atoms with E-state index in [4.69, 9.17) is 32.7 Å². The molecule has 0 aliphatic carbocycles. The van der Waals surface area contributed by atoms with Gasteiger partial charge in [0.05, 0.1) is 23.6 Å². The van der Waals surface area contributed by atoms with Crippen molar-refractivity contribution in [2.24, 2.45) is 10.2 Å². The van der Waals surface area contributed by atoms with Gasteiger partial charge in [0.1, 0.15) is 11.5 Å². The monoisotopic (exact) mass is 842 g/mol. The Hall–Kier alpha value is -4.36. The summed E-state index contributed by atoms with van der Waals surface area (Å²) in [6.07, 6.45) is 6.02. The number of hydrogen-bond acceptors (Lipinski definition) is 8. The van der Waals surface area contributed by atoms with Crippen molar-refractivity contribution >= 4 is 91.2 Å². The van der Waals surface area contributed by atoms with Crippen LogP contribution in [0.15, 0.2) is 104 Å². The molecule has 2 N–H and O–H groups in total. The Morgan fingerprint density at radius 3 is 1.34 bits per heavy atom. The lowest BCUT2D eigenvalue weighted by Gasteiger charge is -2.08. The summed E-state index contributed by atoms with van der Waals surface area (Å²) in [5, 5.41) is 9.04. The number of amides is 2. The number of unbranched alkanes of at least 4 members (excludes halogenated alkanes) is 3. The molecule has 258 valence electrons. The summed E-state index contributed by atoms with van der Waals surface area (Å²) in [7, 11) is 0. The zero-order chi connectivity index (χ0) is 35.9. The van der Waals surface area contributed by atoms with Crippen LogP contribution in [-0.4, -0.2) is 36.2 Å². The Morgan fingerprint density at radius 1 is 0.580 bits per heavy atom. The molecule has 4 aromatic carbocycles. The minimum absolute atomic E-state index is 0.252. The van der Waals surface area contributed by atoms with E-state index in [1.807, 2.05) is 0 Å². The van der Waals surface area contributed by atoms with Crippen LogP contribution >= 0.6 is 55.1 Å². The SMILES string of the molecule is O=C(CCCCCCC(=O)N/N=C/c1cc(Br)ccc1OC(=O)c1ccc(Cl)cc1)N/N=C/c1cc(Br)ccc1OC(=O)c1ccc(Cl)cc1. The topological polar surface area (TPSA) is 136 Å². The Kier molecular flexibility index (Phi) is 15.2. The van der Waals surface area contributed by atoms with E-state index in [1.54, 1.807) is 84.9 Å². The van der Waals surface area contributed by atoms with Gasteiger partial charge in [-0.1, -0.05) is 67.9 Å². The van der Waals surface area contributed by atoms with Crippen molar-refractivity contribution in [2.75, 3.05) is 0 Å². The molecular formula is C36H30Br2Cl2N4O6. The van der Waals surface area contributed by atoms with Crippen LogP contribution in [0, 0.1) is 0 Å². The van der Waals surface area contributed by atoms with E-state index in [2.05, 4.69) is 52.9 Å². The Balaban J connectivity index is 1.14. The second-order valence-electron chi connectivity index (χ2n) is 10.7. The van der Waals surface area contributed by atoms with Crippen LogP contribution in [0.2, 0.25) is 10.0 Å². The first-order chi connectivity index (χ1) is 24.1. The van der Waals surface area contributed by atoms with E-state index in [-0.39, 0.29) is 36.2 Å². The highest BCUT2D eigenvalue weighted by atomic mass is 79.9. The van der Waals surface area contributed by atoms with Gasteiger partial charge in [-0.25, -0.2) is 20.4 Å². The molecule has 0 aliphatic rings. The molecule has 0 saturated carbocycles. The quantitative estimate of drug-likeness (QED) is 0.0404. The molecule has 4 aromatic rings. The molecule has 0 aromatic heterocycles. The largest absolute Gasteiger partial charge is 0.422 e. The van der Waals surface area contributed by atoms with E-state index in [1.165, 1.54) is 12.4 Å². The first-order valence-corrected chi connectivity index (χ1v) is 17.6. The van der Waals surface area contributed by atoms with Gasteiger partial charge < -0.3 is 9.47 Å². The van der Waals surface area contributed by atoms with E-state index in [0.29, 0.717) is 45.1 Å². The van der Waals surface area contributed by atoms with Gasteiger partial charge in [0, 0.05) is 43.0 Å². The molecule has 0 aliphatic heterocycles. The van der Waals surface area contributed by atoms with Gasteiger partial charge in [-0.3, -0.25) is 9.59 Å². The molecule has 10 nitrogen and oxygen atoms in total. The number of carbonyl (C=O) groups excluding carboxylic acids is 4. The smallest absolute Gasteiger partial charge is 0.343 e. The maximum atomic E-state index is 12.5.